The number of ether oxygens (including phenoxy) is 1. The molecule has 2 heterocycles. The lowest BCUT2D eigenvalue weighted by molar-refractivity contribution is 0.00578. The normalized spacial score (nSPS) is 18.5. The van der Waals surface area contributed by atoms with Crippen LogP contribution in [0.15, 0.2) is 30.0 Å². The highest BCUT2D eigenvalue weighted by Gasteiger charge is 2.54. The molecule has 6 nitrogen and oxygen atoms in total. The Balaban J connectivity index is 2.22. The van der Waals surface area contributed by atoms with Gasteiger partial charge < -0.3 is 19.8 Å². The summed E-state index contributed by atoms with van der Waals surface area (Å²) in [5.74, 6) is -1.25. The van der Waals surface area contributed by atoms with Crippen molar-refractivity contribution >= 4 is 35.1 Å². The average Bonchev–Trinajstić information content (AvgIpc) is 3.12. The molecular weight excluding hydrogens is 401 g/mol. The van der Waals surface area contributed by atoms with Crippen molar-refractivity contribution in [3.8, 4) is 0 Å². The van der Waals surface area contributed by atoms with Gasteiger partial charge >= 0.3 is 13.1 Å². The molecule has 0 atom stereocenters. The first-order chi connectivity index (χ1) is 13.5. The Morgan fingerprint density at radius 1 is 1.17 bits per heavy atom. The van der Waals surface area contributed by atoms with E-state index in [0.29, 0.717) is 5.56 Å². The van der Waals surface area contributed by atoms with E-state index in [-0.39, 0.29) is 21.3 Å². The molecule has 0 aliphatic carbocycles. The second-order valence-electron chi connectivity index (χ2n) is 7.54. The Kier molecular flexibility index (Phi) is 5.55. The molecule has 1 aliphatic rings. The van der Waals surface area contributed by atoms with E-state index in [2.05, 4.69) is 4.98 Å². The summed E-state index contributed by atoms with van der Waals surface area (Å²) in [5.41, 5.74) is 3.61. The third-order valence-corrected chi connectivity index (χ3v) is 5.98. The Hall–Kier alpha value is -2.30. The molecule has 2 N–H and O–H groups in total. The Morgan fingerprint density at radius 3 is 2.24 bits per heavy atom. The van der Waals surface area contributed by atoms with Gasteiger partial charge in [0.05, 0.1) is 23.2 Å². The van der Waals surface area contributed by atoms with Crippen LogP contribution in [-0.4, -0.2) is 36.4 Å². The number of nitrogens with zero attached hydrogens (tertiary/aromatic N) is 1. The molecule has 0 spiro atoms. The van der Waals surface area contributed by atoms with E-state index < -0.39 is 35.8 Å². The van der Waals surface area contributed by atoms with Crippen LogP contribution in [0.25, 0.3) is 5.57 Å². The van der Waals surface area contributed by atoms with E-state index in [1.807, 2.05) is 0 Å². The van der Waals surface area contributed by atoms with Crippen molar-refractivity contribution in [1.29, 1.82) is 0 Å². The number of thiazole rings is 1. The molecule has 1 saturated heterocycles. The summed E-state index contributed by atoms with van der Waals surface area (Å²) in [6, 6.07) is 5.17. The van der Waals surface area contributed by atoms with Crippen LogP contribution >= 0.6 is 11.3 Å². The minimum absolute atomic E-state index is 0.0156. The number of anilines is 1. The lowest BCUT2D eigenvalue weighted by Crippen LogP contribution is -2.41. The lowest BCUT2D eigenvalue weighted by Gasteiger charge is -2.32. The van der Waals surface area contributed by atoms with Crippen LogP contribution in [0.2, 0.25) is 0 Å². The van der Waals surface area contributed by atoms with Crippen LogP contribution in [0.5, 0.6) is 0 Å². The van der Waals surface area contributed by atoms with Crippen LogP contribution in [0.1, 0.15) is 48.6 Å². The third-order valence-electron chi connectivity index (χ3n) is 5.08. The monoisotopic (exact) mass is 422 g/mol. The first-order valence-corrected chi connectivity index (χ1v) is 9.64. The molecule has 0 saturated carbocycles. The number of nitrogen functional groups attached to an aromatic ring is 1. The maximum Gasteiger partial charge on any atom is 0.525 e. The van der Waals surface area contributed by atoms with Crippen molar-refractivity contribution in [2.75, 3.05) is 12.8 Å². The first kappa shape index (κ1) is 21.4. The summed E-state index contributed by atoms with van der Waals surface area (Å²) in [6.07, 6.45) is 0. The number of halogens is 2. The van der Waals surface area contributed by atoms with Gasteiger partial charge in [0, 0.05) is 5.57 Å². The minimum atomic E-state index is -1.33. The summed E-state index contributed by atoms with van der Waals surface area (Å²) in [6.45, 7) is 7.18. The molecule has 0 unspecified atom stereocenters. The van der Waals surface area contributed by atoms with Crippen LogP contribution in [0.3, 0.4) is 0 Å². The van der Waals surface area contributed by atoms with E-state index in [1.54, 1.807) is 27.7 Å². The van der Waals surface area contributed by atoms with E-state index >= 15 is 4.39 Å². The number of methoxy groups -OCH3 is 1. The Labute approximate surface area is 171 Å². The quantitative estimate of drug-likeness (QED) is 0.592. The number of benzene rings is 1. The van der Waals surface area contributed by atoms with Gasteiger partial charge in [0.2, 0.25) is 0 Å². The highest BCUT2D eigenvalue weighted by atomic mass is 32.1. The SMILES string of the molecule is COC(=O)c1nc(N)sc1C(=C(F)B1OC(C)(C)C(C)(C)O1)c1ccc(F)cc1. The van der Waals surface area contributed by atoms with Gasteiger partial charge in [-0.3, -0.25) is 0 Å². The van der Waals surface area contributed by atoms with Crippen LogP contribution in [-0.2, 0) is 14.0 Å². The number of rotatable bonds is 4. The molecule has 1 aromatic carbocycles. The molecule has 0 radical (unpaired) electrons. The Bertz CT molecular complexity index is 957. The summed E-state index contributed by atoms with van der Waals surface area (Å²) in [4.78, 5) is 16.3. The van der Waals surface area contributed by atoms with E-state index in [9.17, 15) is 9.18 Å². The zero-order chi connectivity index (χ0) is 21.6. The molecule has 154 valence electrons. The molecule has 3 rings (SSSR count). The van der Waals surface area contributed by atoms with Gasteiger partial charge in [0.25, 0.3) is 0 Å². The van der Waals surface area contributed by atoms with Crippen molar-refractivity contribution in [3.63, 3.8) is 0 Å². The predicted octanol–water partition coefficient (Wildman–Crippen LogP) is 4.01. The summed E-state index contributed by atoms with van der Waals surface area (Å²) >= 11 is 0.915. The second kappa shape index (κ2) is 7.51. The van der Waals surface area contributed by atoms with E-state index in [4.69, 9.17) is 19.8 Å². The van der Waals surface area contributed by atoms with Crippen LogP contribution in [0, 0.1) is 5.82 Å². The van der Waals surface area contributed by atoms with Crippen molar-refractivity contribution in [2.24, 2.45) is 0 Å². The summed E-state index contributed by atoms with van der Waals surface area (Å²) in [5, 5.41) is 0.0572. The number of carbonyl (C=O) groups is 1. The number of nitrogens with two attached hydrogens (primary N) is 1. The fourth-order valence-corrected chi connectivity index (χ4v) is 3.69. The molecule has 0 amide bonds. The largest absolute Gasteiger partial charge is 0.525 e. The van der Waals surface area contributed by atoms with Gasteiger partial charge in [-0.05, 0) is 45.4 Å². The molecule has 1 aliphatic heterocycles. The maximum absolute atomic E-state index is 15.8. The molecule has 1 fully saturated rings. The van der Waals surface area contributed by atoms with Crippen molar-refractivity contribution in [3.05, 3.63) is 51.9 Å². The standard InChI is InChI=1S/C19H21BF2N2O4S/c1-18(2)19(3,4)28-20(27-18)15(22)12(10-6-8-11(21)9-7-10)14-13(16(25)26-5)24-17(23)29-14/h6-9H,1-5H3,(H2,23,24). The minimum Gasteiger partial charge on any atom is -0.464 e. The number of hydrogen-bond donors (Lipinski definition) is 1. The average molecular weight is 422 g/mol. The predicted molar refractivity (Wildman–Crippen MR) is 107 cm³/mol. The van der Waals surface area contributed by atoms with Gasteiger partial charge in [-0.25, -0.2) is 18.6 Å². The molecule has 10 heteroatoms. The van der Waals surface area contributed by atoms with E-state index in [1.165, 1.54) is 31.4 Å². The topological polar surface area (TPSA) is 83.7 Å². The maximum atomic E-state index is 15.8. The van der Waals surface area contributed by atoms with Crippen molar-refractivity contribution in [1.82, 2.24) is 4.98 Å². The number of carbonyl (C=O) groups excluding carboxylic acids is 1. The lowest BCUT2D eigenvalue weighted by atomic mass is 9.82. The second-order valence-corrected chi connectivity index (χ2v) is 8.57. The highest BCUT2D eigenvalue weighted by molar-refractivity contribution is 7.16. The molecule has 1 aromatic heterocycles. The summed E-state index contributed by atoms with van der Waals surface area (Å²) < 4.78 is 45.6. The third kappa shape index (κ3) is 3.92. The van der Waals surface area contributed by atoms with Gasteiger partial charge in [-0.2, -0.15) is 0 Å². The zero-order valence-corrected chi connectivity index (χ0v) is 17.5. The van der Waals surface area contributed by atoms with E-state index in [0.717, 1.165) is 11.3 Å². The number of hydrogen-bond acceptors (Lipinski definition) is 7. The molecular formula is C19H21BF2N2O4S. The summed E-state index contributed by atoms with van der Waals surface area (Å²) in [7, 11) is -0.137. The first-order valence-electron chi connectivity index (χ1n) is 8.83. The Morgan fingerprint density at radius 2 is 1.72 bits per heavy atom. The van der Waals surface area contributed by atoms with Gasteiger partial charge in [0.1, 0.15) is 11.5 Å². The van der Waals surface area contributed by atoms with Crippen molar-refractivity contribution in [2.45, 2.75) is 38.9 Å². The van der Waals surface area contributed by atoms with Gasteiger partial charge in [0.15, 0.2) is 10.8 Å². The fourth-order valence-electron chi connectivity index (χ4n) is 2.80. The highest BCUT2D eigenvalue weighted by Crippen LogP contribution is 2.43. The van der Waals surface area contributed by atoms with Gasteiger partial charge in [-0.1, -0.05) is 23.5 Å². The number of aromatic nitrogens is 1. The number of esters is 1. The molecule has 0 bridgehead atoms. The molecule has 29 heavy (non-hydrogen) atoms. The zero-order valence-electron chi connectivity index (χ0n) is 16.7. The van der Waals surface area contributed by atoms with Gasteiger partial charge in [-0.15, -0.1) is 0 Å². The van der Waals surface area contributed by atoms with Crippen molar-refractivity contribution < 1.29 is 27.6 Å². The molecule has 2 aromatic rings. The fraction of sp³-hybridized carbons (Fsp3) is 0.368. The van der Waals surface area contributed by atoms with Crippen LogP contribution in [0.4, 0.5) is 13.9 Å². The van der Waals surface area contributed by atoms with Crippen LogP contribution < -0.4 is 5.73 Å². The smallest absolute Gasteiger partial charge is 0.464 e.